The Morgan fingerprint density at radius 2 is 1.80 bits per heavy atom. The Bertz CT molecular complexity index is 759. The summed E-state index contributed by atoms with van der Waals surface area (Å²) in [5.41, 5.74) is 2.34. The molecule has 0 N–H and O–H groups in total. The minimum atomic E-state index is -0.656. The molecule has 0 aliphatic rings. The molecule has 0 aromatic heterocycles. The first-order valence-electron chi connectivity index (χ1n) is 7.71. The van der Waals surface area contributed by atoms with Gasteiger partial charge >= 0.3 is 5.97 Å². The lowest BCUT2D eigenvalue weighted by Gasteiger charge is -2.17. The van der Waals surface area contributed by atoms with Gasteiger partial charge in [0.1, 0.15) is 11.3 Å². The normalized spacial score (nSPS) is 10.2. The van der Waals surface area contributed by atoms with Gasteiger partial charge in [-0.25, -0.2) is 4.79 Å². The summed E-state index contributed by atoms with van der Waals surface area (Å²) in [5, 5.41) is 0.385. The fraction of sp³-hybridized carbons (Fsp3) is 0.263. The van der Waals surface area contributed by atoms with Gasteiger partial charge in [0.2, 0.25) is 0 Å². The molecule has 2 rings (SSSR count). The van der Waals surface area contributed by atoms with Gasteiger partial charge in [-0.2, -0.15) is 0 Å². The molecule has 0 radical (unpaired) electrons. The SMILES string of the molecule is COc1ccc(Cl)cc1C(=O)OCC(=O)N(C)Cc1ccc(C)cc1. The molecule has 0 aliphatic carbocycles. The highest BCUT2D eigenvalue weighted by atomic mass is 35.5. The molecule has 0 fully saturated rings. The molecule has 0 heterocycles. The summed E-state index contributed by atoms with van der Waals surface area (Å²) in [4.78, 5) is 25.8. The van der Waals surface area contributed by atoms with E-state index in [9.17, 15) is 9.59 Å². The van der Waals surface area contributed by atoms with E-state index in [-0.39, 0.29) is 18.1 Å². The van der Waals surface area contributed by atoms with Gasteiger partial charge in [-0.3, -0.25) is 4.79 Å². The molecule has 25 heavy (non-hydrogen) atoms. The third-order valence-corrected chi connectivity index (χ3v) is 3.91. The highest BCUT2D eigenvalue weighted by molar-refractivity contribution is 6.31. The molecule has 0 spiro atoms. The molecule has 2 aromatic carbocycles. The zero-order valence-electron chi connectivity index (χ0n) is 14.4. The van der Waals surface area contributed by atoms with Crippen molar-refractivity contribution in [1.29, 1.82) is 0 Å². The largest absolute Gasteiger partial charge is 0.496 e. The van der Waals surface area contributed by atoms with Crippen LogP contribution in [0.5, 0.6) is 5.75 Å². The van der Waals surface area contributed by atoms with E-state index in [2.05, 4.69) is 0 Å². The van der Waals surface area contributed by atoms with E-state index < -0.39 is 5.97 Å². The summed E-state index contributed by atoms with van der Waals surface area (Å²) >= 11 is 5.89. The number of likely N-dealkylation sites (N-methyl/N-ethyl adjacent to an activating group) is 1. The Kier molecular flexibility index (Phi) is 6.42. The standard InChI is InChI=1S/C19H20ClNO4/c1-13-4-6-14(7-5-13)11-21(2)18(22)12-25-19(23)16-10-15(20)8-9-17(16)24-3/h4-10H,11-12H2,1-3H3. The maximum absolute atomic E-state index is 12.2. The van der Waals surface area contributed by atoms with Crippen LogP contribution >= 0.6 is 11.6 Å². The molecule has 132 valence electrons. The summed E-state index contributed by atoms with van der Waals surface area (Å²) in [6.45, 7) is 2.09. The molecule has 5 nitrogen and oxygen atoms in total. The predicted molar refractivity (Wildman–Crippen MR) is 95.9 cm³/mol. The summed E-state index contributed by atoms with van der Waals surface area (Å²) in [5.74, 6) is -0.610. The van der Waals surface area contributed by atoms with Crippen LogP contribution in [-0.2, 0) is 16.1 Å². The van der Waals surface area contributed by atoms with Crippen molar-refractivity contribution >= 4 is 23.5 Å². The Balaban J connectivity index is 1.93. The van der Waals surface area contributed by atoms with E-state index in [1.165, 1.54) is 18.1 Å². The van der Waals surface area contributed by atoms with Crippen LogP contribution < -0.4 is 4.74 Å². The number of amides is 1. The number of esters is 1. The van der Waals surface area contributed by atoms with Crippen LogP contribution in [0.3, 0.4) is 0 Å². The van der Waals surface area contributed by atoms with E-state index in [1.54, 1.807) is 19.2 Å². The van der Waals surface area contributed by atoms with Crippen LogP contribution in [-0.4, -0.2) is 37.5 Å². The summed E-state index contributed by atoms with van der Waals surface area (Å²) in [7, 11) is 3.11. The van der Waals surface area contributed by atoms with Gasteiger partial charge in [-0.15, -0.1) is 0 Å². The fourth-order valence-corrected chi connectivity index (χ4v) is 2.38. The molecule has 2 aromatic rings. The van der Waals surface area contributed by atoms with Gasteiger partial charge < -0.3 is 14.4 Å². The maximum atomic E-state index is 12.2. The monoisotopic (exact) mass is 361 g/mol. The number of ether oxygens (including phenoxy) is 2. The highest BCUT2D eigenvalue weighted by Gasteiger charge is 2.17. The Labute approximate surface area is 152 Å². The van der Waals surface area contributed by atoms with Crippen LogP contribution in [0.1, 0.15) is 21.5 Å². The fourth-order valence-electron chi connectivity index (χ4n) is 2.21. The van der Waals surface area contributed by atoms with Crippen molar-refractivity contribution in [2.45, 2.75) is 13.5 Å². The lowest BCUT2D eigenvalue weighted by molar-refractivity contribution is -0.133. The number of rotatable bonds is 6. The van der Waals surface area contributed by atoms with Gasteiger partial charge in [0.05, 0.1) is 7.11 Å². The zero-order chi connectivity index (χ0) is 18.4. The van der Waals surface area contributed by atoms with Crippen LogP contribution in [0.15, 0.2) is 42.5 Å². The Hall–Kier alpha value is -2.53. The number of carbonyl (C=O) groups excluding carboxylic acids is 2. The lowest BCUT2D eigenvalue weighted by Crippen LogP contribution is -2.30. The second-order valence-corrected chi connectivity index (χ2v) is 6.09. The van der Waals surface area contributed by atoms with Crippen molar-refractivity contribution in [3.05, 3.63) is 64.2 Å². The molecule has 1 amide bonds. The van der Waals surface area contributed by atoms with Crippen molar-refractivity contribution in [1.82, 2.24) is 4.90 Å². The molecule has 0 saturated carbocycles. The maximum Gasteiger partial charge on any atom is 0.342 e. The Morgan fingerprint density at radius 1 is 1.12 bits per heavy atom. The molecule has 0 aliphatic heterocycles. The Morgan fingerprint density at radius 3 is 2.44 bits per heavy atom. The number of carbonyl (C=O) groups is 2. The second-order valence-electron chi connectivity index (χ2n) is 5.66. The molecule has 0 atom stereocenters. The summed E-state index contributed by atoms with van der Waals surface area (Å²) < 4.78 is 10.2. The molecule has 0 unspecified atom stereocenters. The number of benzene rings is 2. The van der Waals surface area contributed by atoms with Crippen LogP contribution in [0.2, 0.25) is 5.02 Å². The minimum Gasteiger partial charge on any atom is -0.496 e. The average Bonchev–Trinajstić information content (AvgIpc) is 2.61. The van der Waals surface area contributed by atoms with Crippen LogP contribution in [0.4, 0.5) is 0 Å². The second kappa shape index (κ2) is 8.53. The van der Waals surface area contributed by atoms with Gasteiger partial charge in [0.15, 0.2) is 6.61 Å². The number of methoxy groups -OCH3 is 1. The number of aryl methyl sites for hydroxylation is 1. The highest BCUT2D eigenvalue weighted by Crippen LogP contribution is 2.23. The van der Waals surface area contributed by atoms with Crippen LogP contribution in [0, 0.1) is 6.92 Å². The third-order valence-electron chi connectivity index (χ3n) is 3.67. The van der Waals surface area contributed by atoms with E-state index in [0.717, 1.165) is 11.1 Å². The molecular formula is C19H20ClNO4. The van der Waals surface area contributed by atoms with Crippen molar-refractivity contribution in [2.75, 3.05) is 20.8 Å². The molecule has 6 heteroatoms. The molecule has 0 saturated heterocycles. The number of hydrogen-bond donors (Lipinski definition) is 0. The first-order chi connectivity index (χ1) is 11.9. The van der Waals surface area contributed by atoms with E-state index >= 15 is 0 Å². The van der Waals surface area contributed by atoms with E-state index in [1.807, 2.05) is 31.2 Å². The quantitative estimate of drug-likeness (QED) is 0.739. The smallest absolute Gasteiger partial charge is 0.342 e. The number of nitrogens with zero attached hydrogens (tertiary/aromatic N) is 1. The van der Waals surface area contributed by atoms with Crippen molar-refractivity contribution in [2.24, 2.45) is 0 Å². The first-order valence-corrected chi connectivity index (χ1v) is 8.08. The van der Waals surface area contributed by atoms with Crippen molar-refractivity contribution in [3.8, 4) is 5.75 Å². The van der Waals surface area contributed by atoms with Gasteiger partial charge in [-0.1, -0.05) is 41.4 Å². The third kappa shape index (κ3) is 5.22. The number of halogens is 1. The average molecular weight is 362 g/mol. The lowest BCUT2D eigenvalue weighted by atomic mass is 10.1. The topological polar surface area (TPSA) is 55.8 Å². The molecule has 0 bridgehead atoms. The zero-order valence-corrected chi connectivity index (χ0v) is 15.2. The van der Waals surface area contributed by atoms with Gasteiger partial charge in [0.25, 0.3) is 5.91 Å². The van der Waals surface area contributed by atoms with E-state index in [0.29, 0.717) is 17.3 Å². The summed E-state index contributed by atoms with van der Waals surface area (Å²) in [6.07, 6.45) is 0. The van der Waals surface area contributed by atoms with Gasteiger partial charge in [0, 0.05) is 18.6 Å². The summed E-state index contributed by atoms with van der Waals surface area (Å²) in [6, 6.07) is 12.5. The first kappa shape index (κ1) is 18.8. The number of hydrogen-bond acceptors (Lipinski definition) is 4. The van der Waals surface area contributed by atoms with Crippen LogP contribution in [0.25, 0.3) is 0 Å². The minimum absolute atomic E-state index is 0.184. The van der Waals surface area contributed by atoms with E-state index in [4.69, 9.17) is 21.1 Å². The molecular weight excluding hydrogens is 342 g/mol. The predicted octanol–water partition coefficient (Wildman–Crippen LogP) is 3.47. The van der Waals surface area contributed by atoms with Gasteiger partial charge in [-0.05, 0) is 30.7 Å². The van der Waals surface area contributed by atoms with Crippen molar-refractivity contribution < 1.29 is 19.1 Å². The van der Waals surface area contributed by atoms with Crippen molar-refractivity contribution in [3.63, 3.8) is 0 Å².